The molecule has 0 bridgehead atoms. The van der Waals surface area contributed by atoms with Gasteiger partial charge in [-0.3, -0.25) is 4.79 Å². The van der Waals surface area contributed by atoms with Crippen LogP contribution in [0.3, 0.4) is 0 Å². The number of nitrogens with two attached hydrogens (primary N) is 1. The number of allylic oxidation sites excluding steroid dienone is 3. The van der Waals surface area contributed by atoms with Crippen LogP contribution in [0.5, 0.6) is 5.75 Å². The predicted octanol–water partition coefficient (Wildman–Crippen LogP) is 4.85. The van der Waals surface area contributed by atoms with Crippen LogP contribution in [0.4, 0.5) is 13.2 Å². The minimum atomic E-state index is -4.51. The minimum Gasteiger partial charge on any atom is -0.513 e. The van der Waals surface area contributed by atoms with Crippen LogP contribution in [-0.2, 0) is 11.0 Å². The molecule has 1 aromatic carbocycles. The van der Waals surface area contributed by atoms with Gasteiger partial charge < -0.3 is 15.6 Å². The van der Waals surface area contributed by atoms with Crippen molar-refractivity contribution in [1.29, 1.82) is 0 Å². The van der Waals surface area contributed by atoms with Crippen LogP contribution in [0.15, 0.2) is 35.6 Å². The molecule has 0 aliphatic carbocycles. The molecule has 4 nitrogen and oxygen atoms in total. The number of aliphatic hydroxyl groups is 1. The van der Waals surface area contributed by atoms with Crippen LogP contribution < -0.4 is 10.5 Å². The Balaban J connectivity index is 3.36. The van der Waals surface area contributed by atoms with Crippen LogP contribution >= 0.6 is 0 Å². The van der Waals surface area contributed by atoms with Crippen molar-refractivity contribution in [2.45, 2.75) is 39.8 Å². The van der Waals surface area contributed by atoms with Crippen LogP contribution in [0.25, 0.3) is 5.57 Å². The average Bonchev–Trinajstić information content (AvgIpc) is 2.53. The fourth-order valence-corrected chi connectivity index (χ4v) is 2.62. The molecule has 1 unspecified atom stereocenters. The van der Waals surface area contributed by atoms with E-state index < -0.39 is 17.6 Å². The highest BCUT2D eigenvalue weighted by molar-refractivity contribution is 6.20. The van der Waals surface area contributed by atoms with Gasteiger partial charge >= 0.3 is 6.18 Å². The second-order valence-electron chi connectivity index (χ2n) is 6.16. The maximum atomic E-state index is 12.9. The van der Waals surface area contributed by atoms with E-state index in [0.29, 0.717) is 18.4 Å². The van der Waals surface area contributed by atoms with E-state index in [1.807, 2.05) is 6.92 Å². The molecular formula is C19H24F3NO3. The minimum absolute atomic E-state index is 0.0636. The summed E-state index contributed by atoms with van der Waals surface area (Å²) in [6.45, 7) is 5.17. The average molecular weight is 371 g/mol. The number of carbonyl (C=O) groups is 1. The molecule has 0 fully saturated rings. The third kappa shape index (κ3) is 5.54. The number of primary amides is 1. The summed E-state index contributed by atoms with van der Waals surface area (Å²) in [4.78, 5) is 12.0. The number of benzene rings is 1. The molecule has 0 aliphatic heterocycles. The lowest BCUT2D eigenvalue weighted by Crippen LogP contribution is -2.17. The number of amides is 1. The SMILES string of the molecule is COc1cc(C(F)(F)F)ccc1/C(C(N)=O)=C(\C)C(C)CC/C=C(\C)O. The Morgan fingerprint density at radius 1 is 1.35 bits per heavy atom. The Labute approximate surface area is 151 Å². The van der Waals surface area contributed by atoms with E-state index in [0.717, 1.165) is 12.1 Å². The van der Waals surface area contributed by atoms with Gasteiger partial charge in [-0.1, -0.05) is 12.5 Å². The summed E-state index contributed by atoms with van der Waals surface area (Å²) >= 11 is 0. The van der Waals surface area contributed by atoms with Crippen molar-refractivity contribution in [2.75, 3.05) is 7.11 Å². The standard InChI is InChI=1S/C19H24F3NO3/c1-11(6-5-7-12(2)24)13(3)17(18(23)25)15-9-8-14(19(20,21)22)10-16(15)26-4/h7-11,24H,5-6H2,1-4H3,(H2,23,25)/b12-7+,17-13-. The number of aliphatic hydroxyl groups excluding tert-OH is 1. The highest BCUT2D eigenvalue weighted by Crippen LogP contribution is 2.37. The van der Waals surface area contributed by atoms with Crippen LogP contribution in [0, 0.1) is 5.92 Å². The van der Waals surface area contributed by atoms with Gasteiger partial charge in [0, 0.05) is 11.1 Å². The maximum Gasteiger partial charge on any atom is 0.416 e. The smallest absolute Gasteiger partial charge is 0.416 e. The van der Waals surface area contributed by atoms with Gasteiger partial charge in [-0.05, 0) is 56.9 Å². The predicted molar refractivity (Wildman–Crippen MR) is 94.6 cm³/mol. The summed E-state index contributed by atoms with van der Waals surface area (Å²) < 4.78 is 43.8. The van der Waals surface area contributed by atoms with Gasteiger partial charge in [-0.2, -0.15) is 13.2 Å². The first-order chi connectivity index (χ1) is 12.0. The fraction of sp³-hybridized carbons (Fsp3) is 0.421. The molecule has 0 heterocycles. The van der Waals surface area contributed by atoms with Crippen LogP contribution in [-0.4, -0.2) is 18.1 Å². The molecule has 0 saturated heterocycles. The molecule has 144 valence electrons. The second kappa shape index (κ2) is 8.78. The maximum absolute atomic E-state index is 12.9. The first-order valence-corrected chi connectivity index (χ1v) is 8.10. The van der Waals surface area contributed by atoms with Crippen molar-refractivity contribution in [3.8, 4) is 5.75 Å². The van der Waals surface area contributed by atoms with E-state index in [1.165, 1.54) is 13.2 Å². The second-order valence-corrected chi connectivity index (χ2v) is 6.16. The lowest BCUT2D eigenvalue weighted by atomic mass is 9.88. The first-order valence-electron chi connectivity index (χ1n) is 8.10. The summed E-state index contributed by atoms with van der Waals surface area (Å²) in [5, 5.41) is 9.21. The number of methoxy groups -OCH3 is 1. The Bertz CT molecular complexity index is 717. The molecule has 0 radical (unpaired) electrons. The molecule has 3 N–H and O–H groups in total. The Morgan fingerprint density at radius 2 is 1.96 bits per heavy atom. The van der Waals surface area contributed by atoms with Crippen LogP contribution in [0.2, 0.25) is 0 Å². The fourth-order valence-electron chi connectivity index (χ4n) is 2.62. The van der Waals surface area contributed by atoms with Crippen molar-refractivity contribution in [3.05, 3.63) is 46.7 Å². The molecule has 0 saturated carbocycles. The van der Waals surface area contributed by atoms with E-state index in [9.17, 15) is 23.1 Å². The quantitative estimate of drug-likeness (QED) is 0.531. The van der Waals surface area contributed by atoms with Crippen molar-refractivity contribution >= 4 is 11.5 Å². The lowest BCUT2D eigenvalue weighted by molar-refractivity contribution is -0.137. The number of hydrogen-bond acceptors (Lipinski definition) is 3. The van der Waals surface area contributed by atoms with E-state index >= 15 is 0 Å². The van der Waals surface area contributed by atoms with Crippen molar-refractivity contribution < 1.29 is 27.8 Å². The molecule has 1 amide bonds. The summed E-state index contributed by atoms with van der Waals surface area (Å²) in [6, 6.07) is 2.96. The monoisotopic (exact) mass is 371 g/mol. The zero-order valence-electron chi connectivity index (χ0n) is 15.3. The number of hydrogen-bond donors (Lipinski definition) is 2. The van der Waals surface area contributed by atoms with Gasteiger partial charge in [-0.15, -0.1) is 0 Å². The van der Waals surface area contributed by atoms with Gasteiger partial charge in [0.2, 0.25) is 5.91 Å². The third-order valence-corrected chi connectivity index (χ3v) is 4.22. The Morgan fingerprint density at radius 3 is 2.42 bits per heavy atom. The molecule has 0 spiro atoms. The highest BCUT2D eigenvalue weighted by Gasteiger charge is 2.32. The van der Waals surface area contributed by atoms with Gasteiger partial charge in [0.05, 0.1) is 18.4 Å². The molecule has 1 rings (SSSR count). The summed E-state index contributed by atoms with van der Waals surface area (Å²) in [6.07, 6.45) is -1.62. The van der Waals surface area contributed by atoms with Gasteiger partial charge in [-0.25, -0.2) is 0 Å². The molecule has 7 heteroatoms. The largest absolute Gasteiger partial charge is 0.513 e. The normalized spacial score (nSPS) is 14.7. The molecule has 1 aromatic rings. The molecule has 1 atom stereocenters. The number of rotatable bonds is 7. The van der Waals surface area contributed by atoms with Gasteiger partial charge in [0.25, 0.3) is 0 Å². The summed E-state index contributed by atoms with van der Waals surface area (Å²) in [5.74, 6) is -0.661. The summed E-state index contributed by atoms with van der Waals surface area (Å²) in [5.41, 5.74) is 5.67. The zero-order chi connectivity index (χ0) is 20.1. The highest BCUT2D eigenvalue weighted by atomic mass is 19.4. The van der Waals surface area contributed by atoms with E-state index in [4.69, 9.17) is 10.5 Å². The summed E-state index contributed by atoms with van der Waals surface area (Å²) in [7, 11) is 1.24. The molecule has 0 aromatic heterocycles. The third-order valence-electron chi connectivity index (χ3n) is 4.22. The zero-order valence-corrected chi connectivity index (χ0v) is 15.3. The molecule has 26 heavy (non-hydrogen) atoms. The Hall–Kier alpha value is -2.44. The Kier molecular flexibility index (Phi) is 7.29. The van der Waals surface area contributed by atoms with E-state index in [1.54, 1.807) is 19.9 Å². The van der Waals surface area contributed by atoms with Gasteiger partial charge in [0.15, 0.2) is 0 Å². The van der Waals surface area contributed by atoms with Crippen molar-refractivity contribution in [2.24, 2.45) is 11.7 Å². The number of ether oxygens (including phenoxy) is 1. The number of halogens is 3. The van der Waals surface area contributed by atoms with Crippen molar-refractivity contribution in [3.63, 3.8) is 0 Å². The van der Waals surface area contributed by atoms with Crippen molar-refractivity contribution in [1.82, 2.24) is 0 Å². The molecular weight excluding hydrogens is 347 g/mol. The van der Waals surface area contributed by atoms with E-state index in [2.05, 4.69) is 0 Å². The lowest BCUT2D eigenvalue weighted by Gasteiger charge is -2.19. The molecule has 0 aliphatic rings. The topological polar surface area (TPSA) is 72.5 Å². The van der Waals surface area contributed by atoms with E-state index in [-0.39, 0.29) is 28.6 Å². The first kappa shape index (κ1) is 21.6. The number of carbonyl (C=O) groups excluding carboxylic acids is 1. The van der Waals surface area contributed by atoms with Crippen LogP contribution in [0.1, 0.15) is 44.7 Å². The van der Waals surface area contributed by atoms with Gasteiger partial charge in [0.1, 0.15) is 5.75 Å². The number of alkyl halides is 3.